The van der Waals surface area contributed by atoms with Gasteiger partial charge in [-0.1, -0.05) is 36.4 Å². The molecule has 0 aliphatic heterocycles. The zero-order chi connectivity index (χ0) is 15.6. The van der Waals surface area contributed by atoms with Crippen LogP contribution in [0.25, 0.3) is 0 Å². The van der Waals surface area contributed by atoms with Crippen molar-refractivity contribution in [2.24, 2.45) is 0 Å². The highest BCUT2D eigenvalue weighted by Crippen LogP contribution is 2.12. The Morgan fingerprint density at radius 2 is 1.00 bits per heavy atom. The molecule has 2 rings (SSSR count). The van der Waals surface area contributed by atoms with Crippen LogP contribution in [-0.2, 0) is 9.59 Å². The van der Waals surface area contributed by atoms with E-state index in [1.54, 1.807) is 24.3 Å². The normalized spacial score (nSPS) is 10.0. The number of unbranched alkanes of at least 4 members (excludes halogenated alkanes) is 1. The van der Waals surface area contributed by atoms with E-state index in [2.05, 4.69) is 0 Å². The Hall–Kier alpha value is -2.62. The molecule has 0 N–H and O–H groups in total. The first-order valence-corrected chi connectivity index (χ1v) is 7.25. The Labute approximate surface area is 129 Å². The van der Waals surface area contributed by atoms with Gasteiger partial charge >= 0.3 is 11.9 Å². The van der Waals surface area contributed by atoms with Gasteiger partial charge in [0.2, 0.25) is 0 Å². The van der Waals surface area contributed by atoms with E-state index < -0.39 is 0 Å². The Morgan fingerprint density at radius 1 is 0.636 bits per heavy atom. The first kappa shape index (κ1) is 15.8. The van der Waals surface area contributed by atoms with Gasteiger partial charge in [0.1, 0.15) is 11.5 Å². The van der Waals surface area contributed by atoms with Gasteiger partial charge in [-0.05, 0) is 37.1 Å². The van der Waals surface area contributed by atoms with Crippen LogP contribution in [0.5, 0.6) is 11.5 Å². The van der Waals surface area contributed by atoms with Crippen LogP contribution < -0.4 is 9.47 Å². The zero-order valence-electron chi connectivity index (χ0n) is 12.2. The van der Waals surface area contributed by atoms with E-state index in [0.29, 0.717) is 24.3 Å². The first-order chi connectivity index (χ1) is 10.7. The highest BCUT2D eigenvalue weighted by Gasteiger charge is 2.07. The molecule has 0 bridgehead atoms. The van der Waals surface area contributed by atoms with Crippen LogP contribution in [0.2, 0.25) is 0 Å². The molecule has 0 aliphatic rings. The van der Waals surface area contributed by atoms with Gasteiger partial charge in [0.25, 0.3) is 0 Å². The molecular weight excluding hydrogens is 280 g/mol. The number of hydrogen-bond donors (Lipinski definition) is 0. The Kier molecular flexibility index (Phi) is 6.18. The third kappa shape index (κ3) is 5.79. The van der Waals surface area contributed by atoms with Crippen molar-refractivity contribution in [3.8, 4) is 11.5 Å². The van der Waals surface area contributed by atoms with E-state index in [9.17, 15) is 9.59 Å². The summed E-state index contributed by atoms with van der Waals surface area (Å²) in [6.45, 7) is 0. The standard InChI is InChI=1S/C18H18O4/c19-17(21-15-9-3-1-4-10-15)13-7-8-14-18(20)22-16-11-5-2-6-12-16/h1-6,9-12H,7-8,13-14H2. The summed E-state index contributed by atoms with van der Waals surface area (Å²) in [5.74, 6) is 0.497. The molecule has 0 fully saturated rings. The molecule has 0 spiro atoms. The maximum atomic E-state index is 11.6. The molecule has 0 atom stereocenters. The number of carbonyl (C=O) groups excluding carboxylic acids is 2. The minimum atomic E-state index is -0.289. The molecule has 4 nitrogen and oxygen atoms in total. The lowest BCUT2D eigenvalue weighted by atomic mass is 10.2. The summed E-state index contributed by atoms with van der Waals surface area (Å²) < 4.78 is 10.3. The molecule has 2 aromatic rings. The largest absolute Gasteiger partial charge is 0.427 e. The average Bonchev–Trinajstić information content (AvgIpc) is 2.53. The van der Waals surface area contributed by atoms with Crippen LogP contribution in [0.4, 0.5) is 0 Å². The van der Waals surface area contributed by atoms with E-state index in [0.717, 1.165) is 0 Å². The highest BCUT2D eigenvalue weighted by molar-refractivity contribution is 5.73. The van der Waals surface area contributed by atoms with Crippen molar-refractivity contribution in [1.82, 2.24) is 0 Å². The first-order valence-electron chi connectivity index (χ1n) is 7.25. The van der Waals surface area contributed by atoms with Crippen LogP contribution in [0.15, 0.2) is 60.7 Å². The fourth-order valence-corrected chi connectivity index (χ4v) is 1.88. The maximum absolute atomic E-state index is 11.6. The Bertz CT molecular complexity index is 537. The van der Waals surface area contributed by atoms with Gasteiger partial charge in [0.15, 0.2) is 0 Å². The topological polar surface area (TPSA) is 52.6 Å². The summed E-state index contributed by atoms with van der Waals surface area (Å²) >= 11 is 0. The van der Waals surface area contributed by atoms with Gasteiger partial charge in [-0.15, -0.1) is 0 Å². The molecule has 0 heterocycles. The molecule has 22 heavy (non-hydrogen) atoms. The van der Waals surface area contributed by atoms with E-state index in [1.165, 1.54) is 0 Å². The number of benzene rings is 2. The number of carbonyl (C=O) groups is 2. The lowest BCUT2D eigenvalue weighted by molar-refractivity contribution is -0.136. The van der Waals surface area contributed by atoms with Gasteiger partial charge in [-0.3, -0.25) is 9.59 Å². The van der Waals surface area contributed by atoms with Crippen LogP contribution in [0, 0.1) is 0 Å². The lowest BCUT2D eigenvalue weighted by Crippen LogP contribution is -2.10. The molecule has 0 aromatic heterocycles. The predicted molar refractivity (Wildman–Crippen MR) is 82.6 cm³/mol. The summed E-state index contributed by atoms with van der Waals surface area (Å²) in [5, 5.41) is 0. The van der Waals surface area contributed by atoms with Crippen LogP contribution in [0.1, 0.15) is 25.7 Å². The van der Waals surface area contributed by atoms with Crippen molar-refractivity contribution in [2.75, 3.05) is 0 Å². The quantitative estimate of drug-likeness (QED) is 0.444. The number of rotatable bonds is 7. The zero-order valence-corrected chi connectivity index (χ0v) is 12.2. The van der Waals surface area contributed by atoms with Crippen molar-refractivity contribution in [3.05, 3.63) is 60.7 Å². The molecule has 4 heteroatoms. The van der Waals surface area contributed by atoms with Crippen molar-refractivity contribution in [1.29, 1.82) is 0 Å². The van der Waals surface area contributed by atoms with E-state index >= 15 is 0 Å². The fraction of sp³-hybridized carbons (Fsp3) is 0.222. The second-order valence-electron chi connectivity index (χ2n) is 4.78. The molecule has 0 saturated heterocycles. The second-order valence-corrected chi connectivity index (χ2v) is 4.78. The Morgan fingerprint density at radius 3 is 1.36 bits per heavy atom. The number of ether oxygens (including phenoxy) is 2. The number of hydrogen-bond acceptors (Lipinski definition) is 4. The Balaban J connectivity index is 1.60. The van der Waals surface area contributed by atoms with Crippen molar-refractivity contribution < 1.29 is 19.1 Å². The maximum Gasteiger partial charge on any atom is 0.311 e. The van der Waals surface area contributed by atoms with Gasteiger partial charge in [-0.25, -0.2) is 0 Å². The van der Waals surface area contributed by atoms with Crippen LogP contribution >= 0.6 is 0 Å². The summed E-state index contributed by atoms with van der Waals surface area (Å²) in [4.78, 5) is 23.2. The summed E-state index contributed by atoms with van der Waals surface area (Å²) in [6.07, 6.45) is 1.76. The van der Waals surface area contributed by atoms with Crippen molar-refractivity contribution in [2.45, 2.75) is 25.7 Å². The van der Waals surface area contributed by atoms with E-state index in [4.69, 9.17) is 9.47 Å². The molecule has 0 radical (unpaired) electrons. The minimum Gasteiger partial charge on any atom is -0.427 e. The third-order valence-corrected chi connectivity index (χ3v) is 2.96. The molecule has 0 saturated carbocycles. The number of esters is 2. The molecule has 0 amide bonds. The molecule has 0 unspecified atom stereocenters. The molecule has 2 aromatic carbocycles. The molecule has 0 aliphatic carbocycles. The molecule has 114 valence electrons. The van der Waals surface area contributed by atoms with Crippen molar-refractivity contribution >= 4 is 11.9 Å². The summed E-state index contributed by atoms with van der Waals surface area (Å²) in [5.41, 5.74) is 0. The molecular formula is C18H18O4. The van der Waals surface area contributed by atoms with Crippen molar-refractivity contribution in [3.63, 3.8) is 0 Å². The monoisotopic (exact) mass is 298 g/mol. The van der Waals surface area contributed by atoms with Gasteiger partial charge in [-0.2, -0.15) is 0 Å². The van der Waals surface area contributed by atoms with E-state index in [1.807, 2.05) is 36.4 Å². The predicted octanol–water partition coefficient (Wildman–Crippen LogP) is 3.76. The summed E-state index contributed by atoms with van der Waals surface area (Å²) in [6, 6.07) is 17.9. The second kappa shape index (κ2) is 8.62. The van der Waals surface area contributed by atoms with Gasteiger partial charge in [0.05, 0.1) is 0 Å². The SMILES string of the molecule is O=C(CCCCC(=O)Oc1ccccc1)Oc1ccccc1. The average molecular weight is 298 g/mol. The van der Waals surface area contributed by atoms with Crippen LogP contribution in [0.3, 0.4) is 0 Å². The minimum absolute atomic E-state index is 0.285. The lowest BCUT2D eigenvalue weighted by Gasteiger charge is -2.05. The fourth-order valence-electron chi connectivity index (χ4n) is 1.88. The van der Waals surface area contributed by atoms with Gasteiger partial charge in [0, 0.05) is 12.8 Å². The van der Waals surface area contributed by atoms with E-state index in [-0.39, 0.29) is 24.8 Å². The number of para-hydroxylation sites is 2. The van der Waals surface area contributed by atoms with Gasteiger partial charge < -0.3 is 9.47 Å². The summed E-state index contributed by atoms with van der Waals surface area (Å²) in [7, 11) is 0. The third-order valence-electron chi connectivity index (χ3n) is 2.96. The smallest absolute Gasteiger partial charge is 0.311 e. The highest BCUT2D eigenvalue weighted by atomic mass is 16.5. The van der Waals surface area contributed by atoms with Crippen LogP contribution in [-0.4, -0.2) is 11.9 Å².